The van der Waals surface area contributed by atoms with Crippen LogP contribution in [0.25, 0.3) is 0 Å². The molecule has 0 aliphatic heterocycles. The van der Waals surface area contributed by atoms with Crippen LogP contribution in [0.5, 0.6) is 0 Å². The summed E-state index contributed by atoms with van der Waals surface area (Å²) in [4.78, 5) is 13.5. The average molecular weight is 302 g/mol. The van der Waals surface area contributed by atoms with Crippen molar-refractivity contribution >= 4 is 34.6 Å². The van der Waals surface area contributed by atoms with Crippen LogP contribution < -0.4 is 10.3 Å². The van der Waals surface area contributed by atoms with E-state index >= 15 is 0 Å². The Morgan fingerprint density at radius 3 is 2.48 bits per heavy atom. The van der Waals surface area contributed by atoms with Crippen molar-refractivity contribution < 1.29 is 4.79 Å². The fourth-order valence-electron chi connectivity index (χ4n) is 1.83. The first-order valence-electron chi connectivity index (χ1n) is 6.47. The molecule has 5 heteroatoms. The Kier molecular flexibility index (Phi) is 4.95. The van der Waals surface area contributed by atoms with E-state index in [4.69, 9.17) is 11.6 Å². The highest BCUT2D eigenvalue weighted by Crippen LogP contribution is 2.19. The average Bonchev–Trinajstić information content (AvgIpc) is 2.48. The molecule has 0 atom stereocenters. The molecule has 1 N–H and O–H groups in total. The molecule has 21 heavy (non-hydrogen) atoms. The quantitative estimate of drug-likeness (QED) is 0.531. The Hall–Kier alpha value is -2.33. The summed E-state index contributed by atoms with van der Waals surface area (Å²) in [5, 5.41) is 4.81. The first-order chi connectivity index (χ1) is 10.1. The third-order valence-electron chi connectivity index (χ3n) is 2.89. The molecule has 2 aromatic rings. The van der Waals surface area contributed by atoms with E-state index in [1.54, 1.807) is 24.1 Å². The topological polar surface area (TPSA) is 44.7 Å². The van der Waals surface area contributed by atoms with Gasteiger partial charge in [0.2, 0.25) is 0 Å². The molecule has 0 amide bonds. The van der Waals surface area contributed by atoms with Crippen molar-refractivity contribution in [2.24, 2.45) is 5.10 Å². The molecule has 0 aliphatic carbocycles. The number of benzene rings is 2. The largest absolute Gasteiger partial charge is 0.325 e. The predicted molar refractivity (Wildman–Crippen MR) is 88.0 cm³/mol. The van der Waals surface area contributed by atoms with Crippen molar-refractivity contribution in [1.82, 2.24) is 0 Å². The number of nitrogens with one attached hydrogen (secondary N) is 1. The van der Waals surface area contributed by atoms with Crippen molar-refractivity contribution in [3.05, 3.63) is 59.6 Å². The molecule has 0 saturated heterocycles. The fraction of sp³-hybridized carbons (Fsp3) is 0.125. The molecular formula is C16H16ClN3O. The zero-order valence-electron chi connectivity index (χ0n) is 11.9. The number of hydrogen-bond acceptors (Lipinski definition) is 3. The zero-order valence-corrected chi connectivity index (χ0v) is 12.6. The van der Waals surface area contributed by atoms with Crippen LogP contribution in [0.3, 0.4) is 0 Å². The van der Waals surface area contributed by atoms with E-state index in [1.807, 2.05) is 42.5 Å². The standard InChI is InChI=1S/C16H16ClN3O/c1-12(21)16(19-18-14-8-4-3-5-9-14)20(2)15-10-6-7-13(17)11-15/h3-11,18H,1-2H3/b19-16+. The Balaban J connectivity index is 2.24. The third-order valence-corrected chi connectivity index (χ3v) is 3.13. The second kappa shape index (κ2) is 6.90. The van der Waals surface area contributed by atoms with E-state index in [-0.39, 0.29) is 5.78 Å². The SMILES string of the molecule is CC(=O)/C(=N\Nc1ccccc1)N(C)c1cccc(Cl)c1. The zero-order chi connectivity index (χ0) is 15.2. The van der Waals surface area contributed by atoms with Crippen LogP contribution in [0, 0.1) is 0 Å². The summed E-state index contributed by atoms with van der Waals surface area (Å²) in [5.41, 5.74) is 4.50. The lowest BCUT2D eigenvalue weighted by molar-refractivity contribution is -0.111. The summed E-state index contributed by atoms with van der Waals surface area (Å²) in [6, 6.07) is 16.7. The minimum atomic E-state index is -0.138. The second-order valence-corrected chi connectivity index (χ2v) is 4.94. The van der Waals surface area contributed by atoms with Gasteiger partial charge in [0.1, 0.15) is 0 Å². The summed E-state index contributed by atoms with van der Waals surface area (Å²) >= 11 is 5.98. The molecule has 0 fully saturated rings. The van der Waals surface area contributed by atoms with Gasteiger partial charge < -0.3 is 4.90 Å². The highest BCUT2D eigenvalue weighted by atomic mass is 35.5. The van der Waals surface area contributed by atoms with E-state index in [9.17, 15) is 4.79 Å². The lowest BCUT2D eigenvalue weighted by atomic mass is 10.2. The molecule has 0 radical (unpaired) electrons. The van der Waals surface area contributed by atoms with E-state index in [0.29, 0.717) is 10.9 Å². The van der Waals surface area contributed by atoms with E-state index in [0.717, 1.165) is 11.4 Å². The predicted octanol–water partition coefficient (Wildman–Crippen LogP) is 3.79. The van der Waals surface area contributed by atoms with Gasteiger partial charge in [0.05, 0.1) is 5.69 Å². The number of nitrogens with zero attached hydrogens (tertiary/aromatic N) is 2. The van der Waals surface area contributed by atoms with Crippen LogP contribution in [-0.2, 0) is 4.79 Å². The number of hydrogen-bond donors (Lipinski definition) is 1. The van der Waals surface area contributed by atoms with Gasteiger partial charge in [-0.15, -0.1) is 0 Å². The molecule has 108 valence electrons. The van der Waals surface area contributed by atoms with Crippen molar-refractivity contribution in [3.63, 3.8) is 0 Å². The Morgan fingerprint density at radius 1 is 1.14 bits per heavy atom. The van der Waals surface area contributed by atoms with Crippen LogP contribution >= 0.6 is 11.6 Å². The number of para-hydroxylation sites is 1. The van der Waals surface area contributed by atoms with Crippen molar-refractivity contribution in [2.75, 3.05) is 17.4 Å². The number of likely N-dealkylation sites (N-methyl/N-ethyl adjacent to an activating group) is 1. The number of halogens is 1. The number of anilines is 2. The Labute approximate surface area is 129 Å². The van der Waals surface area contributed by atoms with Gasteiger partial charge in [-0.3, -0.25) is 10.2 Å². The Bertz CT molecular complexity index is 656. The van der Waals surface area contributed by atoms with Crippen molar-refractivity contribution in [2.45, 2.75) is 6.92 Å². The normalized spacial score (nSPS) is 11.1. The first-order valence-corrected chi connectivity index (χ1v) is 6.84. The highest BCUT2D eigenvalue weighted by molar-refractivity contribution is 6.43. The molecule has 2 aromatic carbocycles. The summed E-state index contributed by atoms with van der Waals surface area (Å²) < 4.78 is 0. The van der Waals surface area contributed by atoms with Gasteiger partial charge in [0.25, 0.3) is 0 Å². The maximum Gasteiger partial charge on any atom is 0.196 e. The van der Waals surface area contributed by atoms with Gasteiger partial charge in [-0.25, -0.2) is 0 Å². The molecule has 4 nitrogen and oxygen atoms in total. The Morgan fingerprint density at radius 2 is 1.86 bits per heavy atom. The summed E-state index contributed by atoms with van der Waals surface area (Å²) in [6.45, 7) is 1.48. The maximum absolute atomic E-state index is 11.8. The van der Waals surface area contributed by atoms with Gasteiger partial charge in [-0.1, -0.05) is 35.9 Å². The third kappa shape index (κ3) is 4.07. The van der Waals surface area contributed by atoms with Gasteiger partial charge in [-0.05, 0) is 30.3 Å². The first kappa shape index (κ1) is 15.1. The molecule has 0 unspecified atom stereocenters. The molecule has 0 aromatic heterocycles. The highest BCUT2D eigenvalue weighted by Gasteiger charge is 2.14. The molecule has 0 bridgehead atoms. The number of ketones is 1. The number of carbonyl (C=O) groups is 1. The smallest absolute Gasteiger partial charge is 0.196 e. The number of hydrazone groups is 1. The summed E-state index contributed by atoms with van der Waals surface area (Å²) in [7, 11) is 1.78. The van der Waals surface area contributed by atoms with Crippen molar-refractivity contribution in [1.29, 1.82) is 0 Å². The second-order valence-electron chi connectivity index (χ2n) is 4.51. The van der Waals surface area contributed by atoms with E-state index < -0.39 is 0 Å². The van der Waals surface area contributed by atoms with Crippen LogP contribution in [-0.4, -0.2) is 18.7 Å². The maximum atomic E-state index is 11.8. The van der Waals surface area contributed by atoms with Crippen LogP contribution in [0.2, 0.25) is 5.02 Å². The van der Waals surface area contributed by atoms with E-state index in [2.05, 4.69) is 10.5 Å². The monoisotopic (exact) mass is 301 g/mol. The van der Waals surface area contributed by atoms with Gasteiger partial charge in [0.15, 0.2) is 11.6 Å². The molecule has 0 aliphatic rings. The van der Waals surface area contributed by atoms with Crippen LogP contribution in [0.4, 0.5) is 11.4 Å². The van der Waals surface area contributed by atoms with Crippen LogP contribution in [0.15, 0.2) is 59.7 Å². The minimum Gasteiger partial charge on any atom is -0.325 e. The molecule has 0 saturated carbocycles. The summed E-state index contributed by atoms with van der Waals surface area (Å²) in [5.74, 6) is 0.169. The van der Waals surface area contributed by atoms with Gasteiger partial charge in [-0.2, -0.15) is 5.10 Å². The summed E-state index contributed by atoms with van der Waals surface area (Å²) in [6.07, 6.45) is 0. The number of amidine groups is 1. The van der Waals surface area contributed by atoms with Gasteiger partial charge in [0, 0.05) is 24.7 Å². The number of carbonyl (C=O) groups excluding carboxylic acids is 1. The molecule has 2 rings (SSSR count). The minimum absolute atomic E-state index is 0.138. The number of Topliss-reactive ketones (excluding diaryl/α,β-unsaturated/α-hetero) is 1. The van der Waals surface area contributed by atoms with Crippen LogP contribution in [0.1, 0.15) is 6.92 Å². The molecule has 0 heterocycles. The lowest BCUT2D eigenvalue weighted by Crippen LogP contribution is -2.32. The number of rotatable bonds is 4. The molecule has 0 spiro atoms. The van der Waals surface area contributed by atoms with Gasteiger partial charge >= 0.3 is 0 Å². The fourth-order valence-corrected chi connectivity index (χ4v) is 2.01. The van der Waals surface area contributed by atoms with E-state index in [1.165, 1.54) is 6.92 Å². The lowest BCUT2D eigenvalue weighted by Gasteiger charge is -2.19. The van der Waals surface area contributed by atoms with Crippen molar-refractivity contribution in [3.8, 4) is 0 Å². The molecular weight excluding hydrogens is 286 g/mol.